The van der Waals surface area contributed by atoms with Crippen molar-refractivity contribution < 1.29 is 18.0 Å². The van der Waals surface area contributed by atoms with Crippen molar-refractivity contribution in [3.63, 3.8) is 0 Å². The lowest BCUT2D eigenvalue weighted by Crippen LogP contribution is -2.23. The predicted molar refractivity (Wildman–Crippen MR) is 110 cm³/mol. The zero-order valence-corrected chi connectivity index (χ0v) is 15.9. The molecule has 0 unspecified atom stereocenters. The molecule has 0 bridgehead atoms. The summed E-state index contributed by atoms with van der Waals surface area (Å²) >= 11 is 0. The van der Waals surface area contributed by atoms with Crippen molar-refractivity contribution >= 4 is 16.7 Å². The highest BCUT2D eigenvalue weighted by atomic mass is 19.4. The maximum absolute atomic E-state index is 13.4. The fraction of sp³-hybridized carbons (Fsp3) is 0.0833. The first kappa shape index (κ1) is 19.6. The zero-order chi connectivity index (χ0) is 21.5. The minimum absolute atomic E-state index is 0.0309. The molecule has 0 aliphatic rings. The quantitative estimate of drug-likeness (QED) is 0.424. The number of fused-ring (bicyclic) bond motifs is 1. The van der Waals surface area contributed by atoms with Crippen molar-refractivity contribution in [3.8, 4) is 11.1 Å². The molecule has 0 aliphatic carbocycles. The molecule has 1 aromatic heterocycles. The van der Waals surface area contributed by atoms with E-state index in [-0.39, 0.29) is 22.0 Å². The summed E-state index contributed by atoms with van der Waals surface area (Å²) in [5, 5.41) is 0.0830. The van der Waals surface area contributed by atoms with Crippen LogP contribution in [0, 0.1) is 0 Å². The van der Waals surface area contributed by atoms with Crippen LogP contribution in [0.2, 0.25) is 0 Å². The van der Waals surface area contributed by atoms with Gasteiger partial charge >= 0.3 is 6.18 Å². The standard InChI is InChI=1S/C24H16F3NO2/c1-28-19-13-12-17(24(25,26)27)14-18(19)21(22(29)16-10-6-3-7-11-16)20(23(28)30)15-8-4-2-5-9-15/h2-14H,1H3. The van der Waals surface area contributed by atoms with Gasteiger partial charge in [0.2, 0.25) is 0 Å². The largest absolute Gasteiger partial charge is 0.416 e. The maximum atomic E-state index is 13.4. The average molecular weight is 407 g/mol. The van der Waals surface area contributed by atoms with Crippen LogP contribution in [0.4, 0.5) is 13.2 Å². The molecule has 3 aromatic carbocycles. The number of hydrogen-bond acceptors (Lipinski definition) is 2. The van der Waals surface area contributed by atoms with E-state index in [1.165, 1.54) is 17.7 Å². The van der Waals surface area contributed by atoms with Crippen molar-refractivity contribution in [1.82, 2.24) is 4.57 Å². The summed E-state index contributed by atoms with van der Waals surface area (Å²) in [5.74, 6) is -0.503. The second-order valence-corrected chi connectivity index (χ2v) is 6.91. The van der Waals surface area contributed by atoms with Gasteiger partial charge in [-0.25, -0.2) is 0 Å². The summed E-state index contributed by atoms with van der Waals surface area (Å²) < 4.78 is 41.5. The molecular formula is C24H16F3NO2. The van der Waals surface area contributed by atoms with E-state index < -0.39 is 23.1 Å². The third kappa shape index (κ3) is 3.30. The Bertz CT molecular complexity index is 1310. The molecule has 30 heavy (non-hydrogen) atoms. The van der Waals surface area contributed by atoms with Crippen LogP contribution in [0.3, 0.4) is 0 Å². The van der Waals surface area contributed by atoms with Gasteiger partial charge in [-0.1, -0.05) is 60.7 Å². The minimum Gasteiger partial charge on any atom is -0.311 e. The molecule has 0 N–H and O–H groups in total. The van der Waals surface area contributed by atoms with E-state index in [0.717, 1.165) is 12.1 Å². The van der Waals surface area contributed by atoms with Crippen LogP contribution in [0.25, 0.3) is 22.0 Å². The van der Waals surface area contributed by atoms with E-state index in [9.17, 15) is 22.8 Å². The average Bonchev–Trinajstić information content (AvgIpc) is 2.75. The summed E-state index contributed by atoms with van der Waals surface area (Å²) in [4.78, 5) is 26.7. The fourth-order valence-electron chi connectivity index (χ4n) is 3.57. The molecule has 0 radical (unpaired) electrons. The Hall–Kier alpha value is -3.67. The summed E-state index contributed by atoms with van der Waals surface area (Å²) in [7, 11) is 1.49. The van der Waals surface area contributed by atoms with Crippen molar-refractivity contribution in [2.24, 2.45) is 7.05 Å². The van der Waals surface area contributed by atoms with Gasteiger partial charge in [0.15, 0.2) is 5.78 Å². The summed E-state index contributed by atoms with van der Waals surface area (Å²) in [6.45, 7) is 0. The third-order valence-corrected chi connectivity index (χ3v) is 5.05. The molecule has 0 aliphatic heterocycles. The number of ketones is 1. The SMILES string of the molecule is Cn1c(=O)c(-c2ccccc2)c(C(=O)c2ccccc2)c2cc(C(F)(F)F)ccc21. The molecule has 4 aromatic rings. The molecule has 0 saturated heterocycles. The van der Waals surface area contributed by atoms with E-state index in [2.05, 4.69) is 0 Å². The zero-order valence-electron chi connectivity index (χ0n) is 15.9. The monoisotopic (exact) mass is 407 g/mol. The van der Waals surface area contributed by atoms with Gasteiger partial charge in [0.25, 0.3) is 5.56 Å². The number of halogens is 3. The number of carbonyl (C=O) groups excluding carboxylic acids is 1. The Balaban J connectivity index is 2.17. The summed E-state index contributed by atoms with van der Waals surface area (Å²) in [6, 6.07) is 19.8. The molecule has 1 heterocycles. The van der Waals surface area contributed by atoms with Crippen molar-refractivity contribution in [3.05, 3.63) is 106 Å². The summed E-state index contributed by atoms with van der Waals surface area (Å²) in [6.07, 6.45) is -4.58. The first-order valence-corrected chi connectivity index (χ1v) is 9.18. The fourth-order valence-corrected chi connectivity index (χ4v) is 3.57. The number of alkyl halides is 3. The molecule has 6 heteroatoms. The van der Waals surface area contributed by atoms with Crippen molar-refractivity contribution in [2.45, 2.75) is 6.18 Å². The number of rotatable bonds is 3. The number of aryl methyl sites for hydroxylation is 1. The molecule has 3 nitrogen and oxygen atoms in total. The Morgan fingerprint density at radius 2 is 1.47 bits per heavy atom. The molecule has 0 spiro atoms. The number of aromatic nitrogens is 1. The highest BCUT2D eigenvalue weighted by Crippen LogP contribution is 2.35. The number of nitrogens with zero attached hydrogens (tertiary/aromatic N) is 1. The normalized spacial score (nSPS) is 11.6. The Kier molecular flexibility index (Phi) is 4.78. The Labute approximate surface area is 170 Å². The molecule has 0 atom stereocenters. The van der Waals surface area contributed by atoms with Gasteiger partial charge in [0, 0.05) is 23.6 Å². The molecule has 0 fully saturated rings. The van der Waals surface area contributed by atoms with E-state index in [4.69, 9.17) is 0 Å². The van der Waals surface area contributed by atoms with Crippen molar-refractivity contribution in [2.75, 3.05) is 0 Å². The van der Waals surface area contributed by atoms with Gasteiger partial charge in [0.1, 0.15) is 0 Å². The van der Waals surface area contributed by atoms with E-state index in [1.807, 2.05) is 0 Å². The lowest BCUT2D eigenvalue weighted by Gasteiger charge is -2.17. The smallest absolute Gasteiger partial charge is 0.311 e. The van der Waals surface area contributed by atoms with Crippen LogP contribution in [-0.2, 0) is 13.2 Å². The van der Waals surface area contributed by atoms with Crippen LogP contribution in [0.1, 0.15) is 21.5 Å². The third-order valence-electron chi connectivity index (χ3n) is 5.05. The minimum atomic E-state index is -4.58. The molecule has 150 valence electrons. The van der Waals surface area contributed by atoms with Crippen molar-refractivity contribution in [1.29, 1.82) is 0 Å². The number of pyridine rings is 1. The second kappa shape index (κ2) is 7.30. The van der Waals surface area contributed by atoms with Crippen LogP contribution < -0.4 is 5.56 Å². The molecule has 4 rings (SSSR count). The predicted octanol–water partition coefficient (Wildman–Crippen LogP) is 5.46. The van der Waals surface area contributed by atoms with Crippen LogP contribution in [-0.4, -0.2) is 10.4 Å². The van der Waals surface area contributed by atoms with Gasteiger partial charge < -0.3 is 4.57 Å². The van der Waals surface area contributed by atoms with Gasteiger partial charge in [-0.3, -0.25) is 9.59 Å². The lowest BCUT2D eigenvalue weighted by atomic mass is 9.91. The van der Waals surface area contributed by atoms with Crippen LogP contribution in [0.5, 0.6) is 0 Å². The molecule has 0 saturated carbocycles. The summed E-state index contributed by atoms with van der Waals surface area (Å²) in [5.41, 5.74) is -0.261. The van der Waals surface area contributed by atoms with Gasteiger partial charge in [-0.05, 0) is 23.8 Å². The van der Waals surface area contributed by atoms with Crippen LogP contribution >= 0.6 is 0 Å². The second-order valence-electron chi connectivity index (χ2n) is 6.91. The lowest BCUT2D eigenvalue weighted by molar-refractivity contribution is -0.137. The van der Waals surface area contributed by atoms with Gasteiger partial charge in [-0.15, -0.1) is 0 Å². The maximum Gasteiger partial charge on any atom is 0.416 e. The first-order chi connectivity index (χ1) is 14.3. The molecule has 0 amide bonds. The first-order valence-electron chi connectivity index (χ1n) is 9.18. The van der Waals surface area contributed by atoms with E-state index in [0.29, 0.717) is 11.1 Å². The van der Waals surface area contributed by atoms with E-state index >= 15 is 0 Å². The van der Waals surface area contributed by atoms with Crippen LogP contribution in [0.15, 0.2) is 83.7 Å². The topological polar surface area (TPSA) is 39.1 Å². The van der Waals surface area contributed by atoms with E-state index in [1.54, 1.807) is 60.7 Å². The van der Waals surface area contributed by atoms with Gasteiger partial charge in [0.05, 0.1) is 16.6 Å². The Morgan fingerprint density at radius 1 is 0.867 bits per heavy atom. The number of hydrogen-bond donors (Lipinski definition) is 0. The highest BCUT2D eigenvalue weighted by molar-refractivity contribution is 6.19. The van der Waals surface area contributed by atoms with Gasteiger partial charge in [-0.2, -0.15) is 13.2 Å². The Morgan fingerprint density at radius 3 is 2.07 bits per heavy atom. The molecular weight excluding hydrogens is 391 g/mol. The number of benzene rings is 3. The highest BCUT2D eigenvalue weighted by Gasteiger charge is 2.32. The number of carbonyl (C=O) groups is 1.